The number of likely N-dealkylation sites (tertiary alicyclic amines) is 1. The van der Waals surface area contributed by atoms with Crippen molar-refractivity contribution in [2.75, 3.05) is 13.1 Å². The second kappa shape index (κ2) is 8.34. The molecule has 1 saturated heterocycles. The third-order valence-corrected chi connectivity index (χ3v) is 4.24. The summed E-state index contributed by atoms with van der Waals surface area (Å²) in [6.45, 7) is 2.65. The maximum atomic E-state index is 12.5. The molecule has 26 heavy (non-hydrogen) atoms. The number of rotatable bonds is 4. The number of aryl methyl sites for hydroxylation is 1. The zero-order valence-electron chi connectivity index (χ0n) is 14.7. The van der Waals surface area contributed by atoms with Gasteiger partial charge in [-0.25, -0.2) is 0 Å². The maximum absolute atomic E-state index is 12.5. The zero-order chi connectivity index (χ0) is 18.4. The van der Waals surface area contributed by atoms with Crippen molar-refractivity contribution in [1.29, 1.82) is 0 Å². The van der Waals surface area contributed by atoms with E-state index in [0.717, 1.165) is 17.7 Å². The van der Waals surface area contributed by atoms with Crippen molar-refractivity contribution in [3.05, 3.63) is 53.4 Å². The Bertz CT molecular complexity index is 833. The highest BCUT2D eigenvalue weighted by atomic mass is 16.5. The molecule has 0 saturated carbocycles. The standard InChI is InChI=1S/C20H21N3O3/c1-15-13-17(26-22-15)14-19(24)23-12-6-10-18(23)20(25)21-11-5-9-16-7-3-2-4-8-16/h2-4,7-8,13,18H,6,10-12,14H2,1H3,(H,21,25)/t18-/m0/s1. The van der Waals surface area contributed by atoms with Crippen LogP contribution in [0.4, 0.5) is 0 Å². The minimum Gasteiger partial charge on any atom is -0.361 e. The summed E-state index contributed by atoms with van der Waals surface area (Å²) in [5, 5.41) is 6.59. The number of hydrogen-bond donors (Lipinski definition) is 1. The number of nitrogens with zero attached hydrogens (tertiary/aromatic N) is 2. The van der Waals surface area contributed by atoms with Crippen molar-refractivity contribution in [2.24, 2.45) is 0 Å². The van der Waals surface area contributed by atoms with Crippen LogP contribution in [-0.2, 0) is 16.0 Å². The summed E-state index contributed by atoms with van der Waals surface area (Å²) in [7, 11) is 0. The van der Waals surface area contributed by atoms with Gasteiger partial charge in [0.1, 0.15) is 11.8 Å². The van der Waals surface area contributed by atoms with Crippen molar-refractivity contribution < 1.29 is 14.1 Å². The normalized spacial score (nSPS) is 16.0. The van der Waals surface area contributed by atoms with Gasteiger partial charge in [0.05, 0.1) is 18.7 Å². The van der Waals surface area contributed by atoms with Crippen LogP contribution in [-0.4, -0.2) is 41.0 Å². The van der Waals surface area contributed by atoms with Gasteiger partial charge in [-0.2, -0.15) is 0 Å². The third kappa shape index (κ3) is 4.51. The van der Waals surface area contributed by atoms with Crippen LogP contribution in [0.15, 0.2) is 40.9 Å². The molecule has 1 aliphatic heterocycles. The van der Waals surface area contributed by atoms with E-state index in [2.05, 4.69) is 22.3 Å². The van der Waals surface area contributed by atoms with Crippen LogP contribution in [0.3, 0.4) is 0 Å². The van der Waals surface area contributed by atoms with Gasteiger partial charge in [-0.05, 0) is 31.9 Å². The number of aromatic nitrogens is 1. The van der Waals surface area contributed by atoms with E-state index < -0.39 is 6.04 Å². The molecule has 0 bridgehead atoms. The molecule has 2 amide bonds. The quantitative estimate of drug-likeness (QED) is 0.851. The third-order valence-electron chi connectivity index (χ3n) is 4.24. The van der Waals surface area contributed by atoms with E-state index in [1.54, 1.807) is 17.9 Å². The first-order chi connectivity index (χ1) is 12.6. The molecule has 0 radical (unpaired) electrons. The lowest BCUT2D eigenvalue weighted by molar-refractivity contribution is -0.138. The van der Waals surface area contributed by atoms with E-state index >= 15 is 0 Å². The SMILES string of the molecule is Cc1cc(CC(=O)N2CCC[C@H]2C(=O)NCC#Cc2ccccc2)on1. The first-order valence-corrected chi connectivity index (χ1v) is 8.67. The van der Waals surface area contributed by atoms with E-state index in [1.165, 1.54) is 0 Å². The van der Waals surface area contributed by atoms with Gasteiger partial charge in [-0.1, -0.05) is 35.2 Å². The number of carbonyl (C=O) groups is 2. The van der Waals surface area contributed by atoms with Crippen molar-refractivity contribution in [1.82, 2.24) is 15.4 Å². The fourth-order valence-electron chi connectivity index (χ4n) is 3.00. The zero-order valence-corrected chi connectivity index (χ0v) is 14.7. The number of amides is 2. The van der Waals surface area contributed by atoms with Gasteiger partial charge >= 0.3 is 0 Å². The molecular weight excluding hydrogens is 330 g/mol. The molecule has 0 unspecified atom stereocenters. The van der Waals surface area contributed by atoms with E-state index in [4.69, 9.17) is 4.52 Å². The molecule has 6 nitrogen and oxygen atoms in total. The molecule has 2 heterocycles. The van der Waals surface area contributed by atoms with Gasteiger partial charge in [0.25, 0.3) is 0 Å². The molecule has 1 atom stereocenters. The summed E-state index contributed by atoms with van der Waals surface area (Å²) in [5.74, 6) is 6.17. The molecule has 3 rings (SSSR count). The van der Waals surface area contributed by atoms with Gasteiger partial charge < -0.3 is 14.7 Å². The van der Waals surface area contributed by atoms with Crippen LogP contribution in [0.1, 0.15) is 29.9 Å². The highest BCUT2D eigenvalue weighted by Gasteiger charge is 2.34. The van der Waals surface area contributed by atoms with Gasteiger partial charge in [0, 0.05) is 18.2 Å². The van der Waals surface area contributed by atoms with Crippen LogP contribution in [0.2, 0.25) is 0 Å². The molecule has 1 N–H and O–H groups in total. The highest BCUT2D eigenvalue weighted by molar-refractivity contribution is 5.89. The van der Waals surface area contributed by atoms with Gasteiger partial charge in [0.2, 0.25) is 11.8 Å². The Hall–Kier alpha value is -3.07. The Kier molecular flexibility index (Phi) is 5.69. The Balaban J connectivity index is 1.53. The second-order valence-electron chi connectivity index (χ2n) is 6.24. The highest BCUT2D eigenvalue weighted by Crippen LogP contribution is 2.19. The number of carbonyl (C=O) groups excluding carboxylic acids is 2. The van der Waals surface area contributed by atoms with Gasteiger partial charge in [-0.3, -0.25) is 9.59 Å². The monoisotopic (exact) mass is 351 g/mol. The summed E-state index contributed by atoms with van der Waals surface area (Å²) < 4.78 is 5.10. The van der Waals surface area contributed by atoms with Crippen molar-refractivity contribution >= 4 is 11.8 Å². The van der Waals surface area contributed by atoms with Crippen LogP contribution < -0.4 is 5.32 Å². The predicted octanol–water partition coefficient (Wildman–Crippen LogP) is 1.68. The van der Waals surface area contributed by atoms with E-state index in [9.17, 15) is 9.59 Å². The van der Waals surface area contributed by atoms with Gasteiger partial charge in [-0.15, -0.1) is 0 Å². The van der Waals surface area contributed by atoms with Gasteiger partial charge in [0.15, 0.2) is 0 Å². The summed E-state index contributed by atoms with van der Waals surface area (Å²) in [6, 6.07) is 10.9. The van der Waals surface area contributed by atoms with Crippen LogP contribution in [0.5, 0.6) is 0 Å². The van der Waals surface area contributed by atoms with Crippen LogP contribution >= 0.6 is 0 Å². The first kappa shape index (κ1) is 17.7. The number of benzene rings is 1. The maximum Gasteiger partial charge on any atom is 0.243 e. The predicted molar refractivity (Wildman–Crippen MR) is 96.0 cm³/mol. The van der Waals surface area contributed by atoms with Crippen LogP contribution in [0.25, 0.3) is 0 Å². The number of hydrogen-bond acceptors (Lipinski definition) is 4. The van der Waals surface area contributed by atoms with Crippen molar-refractivity contribution in [3.8, 4) is 11.8 Å². The van der Waals surface area contributed by atoms with Crippen molar-refractivity contribution in [3.63, 3.8) is 0 Å². The molecular formula is C20H21N3O3. The summed E-state index contributed by atoms with van der Waals surface area (Å²) in [6.07, 6.45) is 1.60. The fraction of sp³-hybridized carbons (Fsp3) is 0.350. The molecule has 1 fully saturated rings. The molecule has 0 aliphatic carbocycles. The van der Waals surface area contributed by atoms with Crippen molar-refractivity contribution in [2.45, 2.75) is 32.2 Å². The Morgan fingerprint density at radius 3 is 2.88 bits per heavy atom. The molecule has 1 aromatic carbocycles. The second-order valence-corrected chi connectivity index (χ2v) is 6.24. The molecule has 2 aromatic rings. The average Bonchev–Trinajstić information content (AvgIpc) is 3.28. The number of nitrogens with one attached hydrogen (secondary N) is 1. The topological polar surface area (TPSA) is 75.4 Å². The minimum atomic E-state index is -0.440. The molecule has 1 aliphatic rings. The lowest BCUT2D eigenvalue weighted by Crippen LogP contribution is -2.46. The average molecular weight is 351 g/mol. The molecule has 0 spiro atoms. The molecule has 6 heteroatoms. The largest absolute Gasteiger partial charge is 0.361 e. The lowest BCUT2D eigenvalue weighted by atomic mass is 10.2. The summed E-state index contributed by atoms with van der Waals surface area (Å²) in [4.78, 5) is 26.5. The fourth-order valence-corrected chi connectivity index (χ4v) is 3.00. The minimum absolute atomic E-state index is 0.117. The van der Waals surface area contributed by atoms with E-state index in [0.29, 0.717) is 18.7 Å². The lowest BCUT2D eigenvalue weighted by Gasteiger charge is -2.23. The molecule has 1 aromatic heterocycles. The smallest absolute Gasteiger partial charge is 0.243 e. The Morgan fingerprint density at radius 1 is 1.35 bits per heavy atom. The summed E-state index contributed by atoms with van der Waals surface area (Å²) >= 11 is 0. The van der Waals surface area contributed by atoms with Crippen LogP contribution in [0, 0.1) is 18.8 Å². The van der Waals surface area contributed by atoms with E-state index in [-0.39, 0.29) is 24.8 Å². The Labute approximate surface area is 152 Å². The first-order valence-electron chi connectivity index (χ1n) is 8.67. The molecule has 134 valence electrons. The Morgan fingerprint density at radius 2 is 2.15 bits per heavy atom. The summed E-state index contributed by atoms with van der Waals surface area (Å²) in [5.41, 5.74) is 1.64. The van der Waals surface area contributed by atoms with E-state index in [1.807, 2.05) is 30.3 Å².